The lowest BCUT2D eigenvalue weighted by Crippen LogP contribution is -2.54. The predicted octanol–water partition coefficient (Wildman–Crippen LogP) is 1.32. The first-order valence-electron chi connectivity index (χ1n) is 10.7. The Morgan fingerprint density at radius 3 is 2.47 bits per heavy atom. The Kier molecular flexibility index (Phi) is 6.38. The number of aromatic amines is 1. The normalized spacial score (nSPS) is 18.9. The summed E-state index contributed by atoms with van der Waals surface area (Å²) in [6, 6.07) is 2.94. The molecule has 0 saturated carbocycles. The molecule has 11 heteroatoms. The third-order valence-electron chi connectivity index (χ3n) is 6.23. The minimum Gasteiger partial charge on any atom is -0.364 e. The van der Waals surface area contributed by atoms with E-state index in [4.69, 9.17) is 5.73 Å². The first-order chi connectivity index (χ1) is 15.2. The molecule has 1 aromatic heterocycles. The fourth-order valence-electron chi connectivity index (χ4n) is 4.52. The SMILES string of the molecule is NC(=O)c1n[nH]c2c(C(F)(F)F)cc(C[CH]C(=O)N3CCN(C4CCNCC4)CC3)cc12. The Hall–Kier alpha value is -2.66. The van der Waals surface area contributed by atoms with Gasteiger partial charge in [-0.15, -0.1) is 0 Å². The summed E-state index contributed by atoms with van der Waals surface area (Å²) >= 11 is 0. The number of hydrogen-bond acceptors (Lipinski definition) is 5. The number of piperazine rings is 1. The van der Waals surface area contributed by atoms with E-state index < -0.39 is 17.6 Å². The minimum atomic E-state index is -4.65. The number of halogens is 3. The molecule has 2 aromatic rings. The molecule has 0 spiro atoms. The number of aromatic nitrogens is 2. The molecule has 2 saturated heterocycles. The molecule has 173 valence electrons. The number of carbonyl (C=O) groups is 2. The van der Waals surface area contributed by atoms with E-state index >= 15 is 0 Å². The van der Waals surface area contributed by atoms with Crippen LogP contribution in [0.2, 0.25) is 0 Å². The van der Waals surface area contributed by atoms with Crippen LogP contribution in [-0.4, -0.2) is 77.1 Å². The van der Waals surface area contributed by atoms with E-state index in [1.807, 2.05) is 0 Å². The summed E-state index contributed by atoms with van der Waals surface area (Å²) in [6.07, 6.45) is -1.04. The van der Waals surface area contributed by atoms with Crippen molar-refractivity contribution in [2.45, 2.75) is 31.5 Å². The predicted molar refractivity (Wildman–Crippen MR) is 112 cm³/mol. The molecule has 1 aromatic carbocycles. The van der Waals surface area contributed by atoms with Crippen LogP contribution in [0.5, 0.6) is 0 Å². The molecule has 0 bridgehead atoms. The van der Waals surface area contributed by atoms with Gasteiger partial charge in [0.25, 0.3) is 5.91 Å². The van der Waals surface area contributed by atoms with Crippen LogP contribution in [0.1, 0.15) is 34.5 Å². The summed E-state index contributed by atoms with van der Waals surface area (Å²) in [5.41, 5.74) is 4.00. The van der Waals surface area contributed by atoms with Crippen LogP contribution in [0.15, 0.2) is 12.1 Å². The molecule has 2 fully saturated rings. The van der Waals surface area contributed by atoms with Gasteiger partial charge in [-0.05, 0) is 50.0 Å². The highest BCUT2D eigenvalue weighted by Crippen LogP contribution is 2.36. The van der Waals surface area contributed by atoms with Gasteiger partial charge < -0.3 is 16.0 Å². The van der Waals surface area contributed by atoms with Gasteiger partial charge in [-0.2, -0.15) is 18.3 Å². The maximum Gasteiger partial charge on any atom is 0.418 e. The highest BCUT2D eigenvalue weighted by atomic mass is 19.4. The fraction of sp³-hybridized carbons (Fsp3) is 0.524. The first kappa shape index (κ1) is 22.5. The molecule has 0 aliphatic carbocycles. The monoisotopic (exact) mass is 451 g/mol. The highest BCUT2D eigenvalue weighted by molar-refractivity contribution is 6.05. The number of rotatable bonds is 5. The summed E-state index contributed by atoms with van der Waals surface area (Å²) in [5.74, 6) is -1.13. The number of nitrogens with zero attached hydrogens (tertiary/aromatic N) is 3. The van der Waals surface area contributed by atoms with Crippen LogP contribution in [0, 0.1) is 6.42 Å². The van der Waals surface area contributed by atoms with Crippen molar-refractivity contribution < 1.29 is 22.8 Å². The van der Waals surface area contributed by atoms with E-state index in [-0.39, 0.29) is 34.5 Å². The number of benzene rings is 1. The van der Waals surface area contributed by atoms with Crippen molar-refractivity contribution in [2.75, 3.05) is 39.3 Å². The Balaban J connectivity index is 1.42. The zero-order valence-corrected chi connectivity index (χ0v) is 17.5. The lowest BCUT2D eigenvalue weighted by atomic mass is 10.0. The van der Waals surface area contributed by atoms with Crippen molar-refractivity contribution in [3.05, 3.63) is 35.4 Å². The molecule has 32 heavy (non-hydrogen) atoms. The van der Waals surface area contributed by atoms with Crippen LogP contribution in [0.3, 0.4) is 0 Å². The molecule has 8 nitrogen and oxygen atoms in total. The number of nitrogens with two attached hydrogens (primary N) is 1. The fourth-order valence-corrected chi connectivity index (χ4v) is 4.52. The van der Waals surface area contributed by atoms with Gasteiger partial charge in [0.2, 0.25) is 5.91 Å². The standard InChI is InChI=1S/C21H26F3N6O2/c22-21(23,24)16-12-13(11-15-18(16)27-28-19(15)20(25)32)1-2-17(31)30-9-7-29(8-10-30)14-3-5-26-6-4-14/h2,11-12,14,26H,1,3-10H2,(H2,25,32)(H,27,28). The molecule has 1 radical (unpaired) electrons. The number of primary amides is 1. The van der Waals surface area contributed by atoms with Crippen molar-refractivity contribution in [3.63, 3.8) is 0 Å². The summed E-state index contributed by atoms with van der Waals surface area (Å²) in [7, 11) is 0. The van der Waals surface area contributed by atoms with Crippen molar-refractivity contribution >= 4 is 22.7 Å². The van der Waals surface area contributed by atoms with Crippen LogP contribution < -0.4 is 11.1 Å². The number of alkyl halides is 3. The molecule has 4 N–H and O–H groups in total. The van der Waals surface area contributed by atoms with E-state index in [0.717, 1.165) is 45.1 Å². The van der Waals surface area contributed by atoms with E-state index in [0.29, 0.717) is 19.1 Å². The maximum absolute atomic E-state index is 13.5. The lowest BCUT2D eigenvalue weighted by molar-refractivity contribution is -0.136. The van der Waals surface area contributed by atoms with Gasteiger partial charge in [0.1, 0.15) is 0 Å². The highest BCUT2D eigenvalue weighted by Gasteiger charge is 2.35. The van der Waals surface area contributed by atoms with Crippen molar-refractivity contribution in [1.29, 1.82) is 0 Å². The van der Waals surface area contributed by atoms with Crippen molar-refractivity contribution in [1.82, 2.24) is 25.3 Å². The molecule has 2 amide bonds. The van der Waals surface area contributed by atoms with E-state index in [1.165, 1.54) is 12.5 Å². The van der Waals surface area contributed by atoms with Crippen LogP contribution in [0.25, 0.3) is 10.9 Å². The van der Waals surface area contributed by atoms with Gasteiger partial charge in [0.15, 0.2) is 5.69 Å². The molecular weight excluding hydrogens is 425 g/mol. The van der Waals surface area contributed by atoms with Gasteiger partial charge >= 0.3 is 6.18 Å². The average molecular weight is 451 g/mol. The number of piperidine rings is 1. The van der Waals surface area contributed by atoms with Crippen LogP contribution in [-0.2, 0) is 17.4 Å². The lowest BCUT2D eigenvalue weighted by Gasteiger charge is -2.40. The Labute approximate surface area is 183 Å². The topological polar surface area (TPSA) is 107 Å². The van der Waals surface area contributed by atoms with Crippen molar-refractivity contribution in [3.8, 4) is 0 Å². The van der Waals surface area contributed by atoms with Gasteiger partial charge in [0.05, 0.1) is 17.5 Å². The maximum atomic E-state index is 13.5. The second-order valence-electron chi connectivity index (χ2n) is 8.25. The van der Waals surface area contributed by atoms with Crippen molar-refractivity contribution in [2.24, 2.45) is 5.73 Å². The zero-order chi connectivity index (χ0) is 22.9. The number of amides is 2. The van der Waals surface area contributed by atoms with E-state index in [2.05, 4.69) is 20.4 Å². The zero-order valence-electron chi connectivity index (χ0n) is 17.5. The number of H-pyrrole nitrogens is 1. The van der Waals surface area contributed by atoms with Gasteiger partial charge in [-0.3, -0.25) is 19.6 Å². The molecule has 2 aliphatic rings. The van der Waals surface area contributed by atoms with Gasteiger partial charge in [-0.25, -0.2) is 0 Å². The first-order valence-corrected chi connectivity index (χ1v) is 10.7. The van der Waals surface area contributed by atoms with Crippen LogP contribution in [0.4, 0.5) is 13.2 Å². The smallest absolute Gasteiger partial charge is 0.364 e. The molecule has 3 heterocycles. The summed E-state index contributed by atoms with van der Waals surface area (Å²) in [4.78, 5) is 28.3. The minimum absolute atomic E-state index is 0.00115. The second-order valence-corrected chi connectivity index (χ2v) is 8.25. The average Bonchev–Trinajstić information content (AvgIpc) is 3.21. The number of fused-ring (bicyclic) bond motifs is 1. The summed E-state index contributed by atoms with van der Waals surface area (Å²) in [5, 5.41) is 9.23. The third kappa shape index (κ3) is 4.73. The molecule has 0 unspecified atom stereocenters. The van der Waals surface area contributed by atoms with Gasteiger partial charge in [-0.1, -0.05) is 0 Å². The van der Waals surface area contributed by atoms with Gasteiger partial charge in [0, 0.05) is 37.6 Å². The summed E-state index contributed by atoms with van der Waals surface area (Å²) < 4.78 is 40.6. The van der Waals surface area contributed by atoms with Crippen LogP contribution >= 0.6 is 0 Å². The quantitative estimate of drug-likeness (QED) is 0.636. The number of carbonyl (C=O) groups excluding carboxylic acids is 2. The van der Waals surface area contributed by atoms with E-state index in [9.17, 15) is 22.8 Å². The second kappa shape index (κ2) is 9.07. The summed E-state index contributed by atoms with van der Waals surface area (Å²) in [6.45, 7) is 4.81. The Morgan fingerprint density at radius 2 is 1.84 bits per heavy atom. The van der Waals surface area contributed by atoms with E-state index in [1.54, 1.807) is 4.90 Å². The number of hydrogen-bond donors (Lipinski definition) is 3. The molecule has 2 aliphatic heterocycles. The molecule has 4 rings (SSSR count). The largest absolute Gasteiger partial charge is 0.418 e. The molecule has 0 atom stereocenters. The number of nitrogens with one attached hydrogen (secondary N) is 2. The Bertz CT molecular complexity index is 991. The Morgan fingerprint density at radius 1 is 1.16 bits per heavy atom. The third-order valence-corrected chi connectivity index (χ3v) is 6.23. The molecular formula is C21H26F3N6O2.